The number of carbonyl (C=O) groups is 1. The van der Waals surface area contributed by atoms with E-state index in [4.69, 9.17) is 4.74 Å². The number of piperidine rings is 1. The minimum Gasteiger partial charge on any atom is -0.462 e. The fourth-order valence-corrected chi connectivity index (χ4v) is 4.30. The molecule has 2 aromatic rings. The van der Waals surface area contributed by atoms with Gasteiger partial charge in [-0.25, -0.2) is 9.59 Å². The van der Waals surface area contributed by atoms with Crippen LogP contribution in [0.2, 0.25) is 0 Å². The maximum Gasteiger partial charge on any atom is 0.338 e. The number of aromatic amines is 2. The number of fused-ring (bicyclic) bond motifs is 1. The second-order valence-electron chi connectivity index (χ2n) is 7.23. The van der Waals surface area contributed by atoms with E-state index in [-0.39, 0.29) is 23.6 Å². The van der Waals surface area contributed by atoms with E-state index in [1.165, 1.54) is 6.20 Å². The molecule has 1 aromatic heterocycles. The topological polar surface area (TPSA) is 98.5 Å². The minimum absolute atomic E-state index is 0.158. The molecule has 2 aliphatic rings. The van der Waals surface area contributed by atoms with Crippen molar-refractivity contribution in [1.82, 2.24) is 14.9 Å². The molecular weight excluding hydrogens is 360 g/mol. The van der Waals surface area contributed by atoms with Gasteiger partial charge in [-0.1, -0.05) is 6.42 Å². The number of anilines is 1. The number of carbonyl (C=O) groups excluding carboxylic acids is 1. The smallest absolute Gasteiger partial charge is 0.338 e. The Morgan fingerprint density at radius 1 is 1.21 bits per heavy atom. The molecule has 28 heavy (non-hydrogen) atoms. The lowest BCUT2D eigenvalue weighted by molar-refractivity contribution is 0.0526. The summed E-state index contributed by atoms with van der Waals surface area (Å²) in [5.74, 6) is -0.346. The second-order valence-corrected chi connectivity index (χ2v) is 7.23. The van der Waals surface area contributed by atoms with E-state index in [9.17, 15) is 14.4 Å². The first-order chi connectivity index (χ1) is 13.6. The largest absolute Gasteiger partial charge is 0.462 e. The minimum atomic E-state index is -0.502. The Kier molecular flexibility index (Phi) is 5.04. The summed E-state index contributed by atoms with van der Waals surface area (Å²) in [7, 11) is 0. The van der Waals surface area contributed by atoms with Crippen LogP contribution in [0.15, 0.2) is 40.1 Å². The van der Waals surface area contributed by atoms with Gasteiger partial charge in [0.2, 0.25) is 0 Å². The lowest BCUT2D eigenvalue weighted by Gasteiger charge is -2.31. The Bertz CT molecular complexity index is 965. The van der Waals surface area contributed by atoms with Crippen molar-refractivity contribution in [2.24, 2.45) is 0 Å². The van der Waals surface area contributed by atoms with E-state index in [0.29, 0.717) is 24.4 Å². The number of nitrogens with zero attached hydrogens (tertiary/aromatic N) is 2. The highest BCUT2D eigenvalue weighted by molar-refractivity contribution is 5.89. The van der Waals surface area contributed by atoms with Crippen molar-refractivity contribution in [2.45, 2.75) is 38.3 Å². The van der Waals surface area contributed by atoms with Crippen LogP contribution in [0.1, 0.15) is 48.1 Å². The van der Waals surface area contributed by atoms with Crippen LogP contribution in [0, 0.1) is 0 Å². The fraction of sp³-hybridized carbons (Fsp3) is 0.450. The summed E-state index contributed by atoms with van der Waals surface area (Å²) in [6.07, 6.45) is 4.79. The zero-order valence-corrected chi connectivity index (χ0v) is 15.8. The van der Waals surface area contributed by atoms with Crippen molar-refractivity contribution in [3.63, 3.8) is 0 Å². The molecule has 2 atom stereocenters. The monoisotopic (exact) mass is 384 g/mol. The van der Waals surface area contributed by atoms with Gasteiger partial charge in [-0.15, -0.1) is 0 Å². The molecule has 2 saturated heterocycles. The van der Waals surface area contributed by atoms with E-state index in [1.807, 2.05) is 12.1 Å². The van der Waals surface area contributed by atoms with Gasteiger partial charge in [0.05, 0.1) is 30.4 Å². The number of nitrogens with one attached hydrogen (secondary N) is 2. The van der Waals surface area contributed by atoms with Crippen molar-refractivity contribution in [1.29, 1.82) is 0 Å². The molecule has 0 radical (unpaired) electrons. The van der Waals surface area contributed by atoms with Gasteiger partial charge in [-0.2, -0.15) is 0 Å². The van der Waals surface area contributed by atoms with Gasteiger partial charge in [0.15, 0.2) is 0 Å². The van der Waals surface area contributed by atoms with Crippen LogP contribution in [0.4, 0.5) is 5.69 Å². The van der Waals surface area contributed by atoms with Gasteiger partial charge < -0.3 is 14.6 Å². The Morgan fingerprint density at radius 3 is 2.71 bits per heavy atom. The molecule has 8 nitrogen and oxygen atoms in total. The molecule has 2 aliphatic heterocycles. The third-order valence-corrected chi connectivity index (χ3v) is 5.58. The standard InChI is InChI=1S/C20H24N4O4/c1-2-28-19(26)13-6-8-14(9-7-13)24-12-23-10-4-3-5-16(23)17(24)15-11-21-20(27)22-18(15)25/h6-9,11,16-17H,2-5,10,12H2,1H3,(H2,21,22,25,27). The Hall–Kier alpha value is -2.87. The first-order valence-corrected chi connectivity index (χ1v) is 9.68. The third kappa shape index (κ3) is 3.35. The Morgan fingerprint density at radius 2 is 2.00 bits per heavy atom. The maximum absolute atomic E-state index is 12.5. The number of hydrogen-bond acceptors (Lipinski definition) is 6. The van der Waals surface area contributed by atoms with Crippen LogP contribution in [0.3, 0.4) is 0 Å². The number of hydrogen-bond donors (Lipinski definition) is 2. The van der Waals surface area contributed by atoms with Gasteiger partial charge in [0.1, 0.15) is 0 Å². The molecule has 1 aromatic carbocycles. The van der Waals surface area contributed by atoms with Crippen LogP contribution in [-0.2, 0) is 4.74 Å². The quantitative estimate of drug-likeness (QED) is 0.777. The summed E-state index contributed by atoms with van der Waals surface area (Å²) < 4.78 is 5.05. The summed E-state index contributed by atoms with van der Waals surface area (Å²) >= 11 is 0. The van der Waals surface area contributed by atoms with Gasteiger partial charge >= 0.3 is 11.7 Å². The van der Waals surface area contributed by atoms with Crippen LogP contribution >= 0.6 is 0 Å². The van der Waals surface area contributed by atoms with E-state index in [2.05, 4.69) is 19.8 Å². The number of aromatic nitrogens is 2. The average Bonchev–Trinajstić information content (AvgIpc) is 3.08. The molecule has 148 valence electrons. The Balaban J connectivity index is 1.70. The molecule has 8 heteroatoms. The molecule has 0 amide bonds. The molecule has 0 saturated carbocycles. The molecule has 0 aliphatic carbocycles. The number of ether oxygens (including phenoxy) is 1. The summed E-state index contributed by atoms with van der Waals surface area (Å²) in [4.78, 5) is 45.4. The average molecular weight is 384 g/mol. The molecule has 0 bridgehead atoms. The van der Waals surface area contributed by atoms with Crippen molar-refractivity contribution in [2.75, 3.05) is 24.7 Å². The van der Waals surface area contributed by atoms with Gasteiger partial charge in [0.25, 0.3) is 5.56 Å². The SMILES string of the molecule is CCOC(=O)c1ccc(N2CN3CCCCC3C2c2c[nH]c(=O)[nH]c2=O)cc1. The van der Waals surface area contributed by atoms with Gasteiger partial charge in [-0.05, 0) is 44.0 Å². The number of esters is 1. The molecule has 2 fully saturated rings. The van der Waals surface area contributed by atoms with Crippen molar-refractivity contribution in [3.8, 4) is 0 Å². The molecule has 3 heterocycles. The molecule has 4 rings (SSSR count). The van der Waals surface area contributed by atoms with E-state index >= 15 is 0 Å². The molecule has 0 spiro atoms. The van der Waals surface area contributed by atoms with Crippen LogP contribution in [0.5, 0.6) is 0 Å². The molecule has 2 N–H and O–H groups in total. The predicted octanol–water partition coefficient (Wildman–Crippen LogP) is 1.61. The highest BCUT2D eigenvalue weighted by Gasteiger charge is 2.43. The zero-order valence-electron chi connectivity index (χ0n) is 15.8. The first kappa shape index (κ1) is 18.5. The van der Waals surface area contributed by atoms with Crippen LogP contribution in [0.25, 0.3) is 0 Å². The first-order valence-electron chi connectivity index (χ1n) is 9.68. The van der Waals surface area contributed by atoms with Crippen molar-refractivity contribution >= 4 is 11.7 Å². The number of benzene rings is 1. The van der Waals surface area contributed by atoms with E-state index < -0.39 is 5.69 Å². The number of rotatable bonds is 4. The summed E-state index contributed by atoms with van der Waals surface area (Å²) in [5, 5.41) is 0. The zero-order chi connectivity index (χ0) is 19.7. The summed E-state index contributed by atoms with van der Waals surface area (Å²) in [6, 6.07) is 7.33. The predicted molar refractivity (Wildman–Crippen MR) is 105 cm³/mol. The van der Waals surface area contributed by atoms with E-state index in [0.717, 1.165) is 31.5 Å². The van der Waals surface area contributed by atoms with Gasteiger partial charge in [0, 0.05) is 24.5 Å². The highest BCUT2D eigenvalue weighted by atomic mass is 16.5. The van der Waals surface area contributed by atoms with E-state index in [1.54, 1.807) is 19.1 Å². The fourth-order valence-electron chi connectivity index (χ4n) is 4.30. The highest BCUT2D eigenvalue weighted by Crippen LogP contribution is 2.40. The van der Waals surface area contributed by atoms with Crippen LogP contribution in [-0.4, -0.2) is 46.7 Å². The summed E-state index contributed by atoms with van der Waals surface area (Å²) in [6.45, 7) is 3.80. The van der Waals surface area contributed by atoms with Crippen molar-refractivity contribution in [3.05, 3.63) is 62.4 Å². The van der Waals surface area contributed by atoms with Gasteiger partial charge in [-0.3, -0.25) is 14.7 Å². The normalized spacial score (nSPS) is 22.1. The lowest BCUT2D eigenvalue weighted by atomic mass is 9.93. The Labute approximate surface area is 162 Å². The molecular formula is C20H24N4O4. The van der Waals surface area contributed by atoms with Crippen molar-refractivity contribution < 1.29 is 9.53 Å². The van der Waals surface area contributed by atoms with Crippen LogP contribution < -0.4 is 16.1 Å². The lowest BCUT2D eigenvalue weighted by Crippen LogP contribution is -2.38. The molecule has 2 unspecified atom stereocenters. The summed E-state index contributed by atoms with van der Waals surface area (Å²) in [5.41, 5.74) is 1.13. The third-order valence-electron chi connectivity index (χ3n) is 5.58. The second kappa shape index (κ2) is 7.63. The maximum atomic E-state index is 12.5. The number of H-pyrrole nitrogens is 2.